The molecule has 19 heavy (non-hydrogen) atoms. The first kappa shape index (κ1) is 12.6. The van der Waals surface area contributed by atoms with Gasteiger partial charge in [-0.05, 0) is 29.7 Å². The van der Waals surface area contributed by atoms with Gasteiger partial charge >= 0.3 is 6.01 Å². The highest BCUT2D eigenvalue weighted by Gasteiger charge is 2.06. The largest absolute Gasteiger partial charge is 0.424 e. The average molecular weight is 257 g/mol. The molecule has 0 atom stereocenters. The summed E-state index contributed by atoms with van der Waals surface area (Å²) in [5, 5.41) is 6.26. The van der Waals surface area contributed by atoms with Crippen molar-refractivity contribution in [1.29, 1.82) is 0 Å². The van der Waals surface area contributed by atoms with Crippen molar-refractivity contribution < 1.29 is 4.74 Å². The van der Waals surface area contributed by atoms with Gasteiger partial charge < -0.3 is 10.1 Å². The molecule has 0 radical (unpaired) electrons. The monoisotopic (exact) mass is 257 g/mol. The SMILES string of the molecule is CCNc1nc(N=[N+]=[N-])nc(Oc2ccccc2)n1. The third-order valence-corrected chi connectivity index (χ3v) is 2.02. The highest BCUT2D eigenvalue weighted by Crippen LogP contribution is 2.20. The zero-order chi connectivity index (χ0) is 13.5. The Balaban J connectivity index is 2.30. The number of benzene rings is 1. The van der Waals surface area contributed by atoms with Crippen LogP contribution in [0.15, 0.2) is 35.4 Å². The molecule has 0 spiro atoms. The number of nitrogens with zero attached hydrogens (tertiary/aromatic N) is 6. The van der Waals surface area contributed by atoms with Crippen molar-refractivity contribution in [2.75, 3.05) is 11.9 Å². The molecular weight excluding hydrogens is 246 g/mol. The molecule has 0 aliphatic heterocycles. The number of rotatable bonds is 5. The number of hydrogen-bond acceptors (Lipinski definition) is 6. The Kier molecular flexibility index (Phi) is 4.09. The van der Waals surface area contributed by atoms with Crippen LogP contribution in [0.4, 0.5) is 11.9 Å². The number of para-hydroxylation sites is 1. The quantitative estimate of drug-likeness (QED) is 0.503. The molecule has 1 aromatic heterocycles. The molecule has 0 saturated heterocycles. The van der Waals surface area contributed by atoms with Crippen molar-refractivity contribution in [2.24, 2.45) is 5.11 Å². The molecule has 0 aliphatic rings. The number of nitrogens with one attached hydrogen (secondary N) is 1. The minimum absolute atomic E-state index is 0.0422. The molecule has 0 fully saturated rings. The Labute approximate surface area is 109 Å². The highest BCUT2D eigenvalue weighted by atomic mass is 16.5. The molecule has 1 N–H and O–H groups in total. The number of azide groups is 1. The number of anilines is 1. The summed E-state index contributed by atoms with van der Waals surface area (Å²) in [5.74, 6) is 0.841. The lowest BCUT2D eigenvalue weighted by molar-refractivity contribution is 0.441. The summed E-state index contributed by atoms with van der Waals surface area (Å²) in [6.07, 6.45) is 0. The first-order valence-electron chi connectivity index (χ1n) is 5.59. The van der Waals surface area contributed by atoms with Crippen LogP contribution in [-0.4, -0.2) is 21.5 Å². The molecule has 2 aromatic rings. The van der Waals surface area contributed by atoms with Gasteiger partial charge in [0.1, 0.15) is 5.75 Å². The third-order valence-electron chi connectivity index (χ3n) is 2.02. The van der Waals surface area contributed by atoms with Crippen molar-refractivity contribution in [3.8, 4) is 11.8 Å². The zero-order valence-corrected chi connectivity index (χ0v) is 10.2. The number of aromatic nitrogens is 3. The second-order valence-electron chi connectivity index (χ2n) is 3.38. The van der Waals surface area contributed by atoms with Gasteiger partial charge in [-0.1, -0.05) is 18.2 Å². The van der Waals surface area contributed by atoms with Gasteiger partial charge in [-0.25, -0.2) is 0 Å². The predicted octanol–water partition coefficient (Wildman–Crippen LogP) is 3.04. The van der Waals surface area contributed by atoms with E-state index in [4.69, 9.17) is 10.3 Å². The number of hydrogen-bond donors (Lipinski definition) is 1. The van der Waals surface area contributed by atoms with Gasteiger partial charge in [-0.15, -0.1) is 0 Å². The van der Waals surface area contributed by atoms with Crippen molar-refractivity contribution in [3.05, 3.63) is 40.8 Å². The summed E-state index contributed by atoms with van der Waals surface area (Å²) in [4.78, 5) is 14.5. The highest BCUT2D eigenvalue weighted by molar-refractivity contribution is 5.33. The Bertz CT molecular complexity index is 595. The normalized spacial score (nSPS) is 9.53. The fraction of sp³-hybridized carbons (Fsp3) is 0.182. The summed E-state index contributed by atoms with van der Waals surface area (Å²) in [6, 6.07) is 9.13. The average Bonchev–Trinajstić information content (AvgIpc) is 2.40. The van der Waals surface area contributed by atoms with Gasteiger partial charge in [0, 0.05) is 11.5 Å². The van der Waals surface area contributed by atoms with Crippen LogP contribution < -0.4 is 10.1 Å². The molecule has 1 aromatic carbocycles. The zero-order valence-electron chi connectivity index (χ0n) is 10.2. The molecule has 96 valence electrons. The van der Waals surface area contributed by atoms with Crippen LogP contribution in [0.1, 0.15) is 6.92 Å². The van der Waals surface area contributed by atoms with Crippen LogP contribution in [0.2, 0.25) is 0 Å². The van der Waals surface area contributed by atoms with Crippen molar-refractivity contribution in [1.82, 2.24) is 15.0 Å². The first-order valence-corrected chi connectivity index (χ1v) is 5.59. The lowest BCUT2D eigenvalue weighted by atomic mass is 10.3. The Morgan fingerprint density at radius 2 is 2.05 bits per heavy atom. The van der Waals surface area contributed by atoms with E-state index in [0.717, 1.165) is 0 Å². The maximum atomic E-state index is 8.42. The number of ether oxygens (including phenoxy) is 1. The van der Waals surface area contributed by atoms with Crippen LogP contribution >= 0.6 is 0 Å². The van der Waals surface area contributed by atoms with E-state index in [1.807, 2.05) is 25.1 Å². The maximum Gasteiger partial charge on any atom is 0.327 e. The molecule has 8 nitrogen and oxygen atoms in total. The molecule has 0 saturated carbocycles. The van der Waals surface area contributed by atoms with Crippen LogP contribution in [0.25, 0.3) is 10.4 Å². The standard InChI is InChI=1S/C11H11N7O/c1-2-13-9-14-10(17-18-12)16-11(15-9)19-8-6-4-3-5-7-8/h3-7H,2H2,1H3,(H,13,14,15,16). The minimum atomic E-state index is -0.0422. The van der Waals surface area contributed by atoms with E-state index in [0.29, 0.717) is 18.2 Å². The van der Waals surface area contributed by atoms with E-state index in [1.54, 1.807) is 12.1 Å². The van der Waals surface area contributed by atoms with E-state index in [9.17, 15) is 0 Å². The first-order chi connectivity index (χ1) is 9.31. The van der Waals surface area contributed by atoms with Gasteiger partial charge in [-0.3, -0.25) is 0 Å². The Morgan fingerprint density at radius 3 is 2.74 bits per heavy atom. The molecule has 2 rings (SSSR count). The molecular formula is C11H11N7O. The van der Waals surface area contributed by atoms with Gasteiger partial charge in [-0.2, -0.15) is 15.0 Å². The lowest BCUT2D eigenvalue weighted by Gasteiger charge is -2.06. The van der Waals surface area contributed by atoms with E-state index < -0.39 is 0 Å². The maximum absolute atomic E-state index is 8.42. The van der Waals surface area contributed by atoms with Gasteiger partial charge in [0.05, 0.1) is 0 Å². The van der Waals surface area contributed by atoms with Crippen molar-refractivity contribution >= 4 is 11.9 Å². The predicted molar refractivity (Wildman–Crippen MR) is 69.3 cm³/mol. The fourth-order valence-electron chi connectivity index (χ4n) is 1.31. The summed E-state index contributed by atoms with van der Waals surface area (Å²) >= 11 is 0. The van der Waals surface area contributed by atoms with Gasteiger partial charge in [0.15, 0.2) is 0 Å². The van der Waals surface area contributed by atoms with Gasteiger partial charge in [0.2, 0.25) is 11.9 Å². The summed E-state index contributed by atoms with van der Waals surface area (Å²) in [5.41, 5.74) is 8.42. The molecule has 1 heterocycles. The van der Waals surface area contributed by atoms with Crippen LogP contribution in [0.3, 0.4) is 0 Å². The second kappa shape index (κ2) is 6.18. The van der Waals surface area contributed by atoms with E-state index >= 15 is 0 Å². The molecule has 8 heteroatoms. The topological polar surface area (TPSA) is 109 Å². The summed E-state index contributed by atoms with van der Waals surface area (Å²) in [6.45, 7) is 2.53. The fourth-order valence-corrected chi connectivity index (χ4v) is 1.31. The van der Waals surface area contributed by atoms with Crippen LogP contribution in [0.5, 0.6) is 11.8 Å². The van der Waals surface area contributed by atoms with Crippen LogP contribution in [0, 0.1) is 0 Å². The smallest absolute Gasteiger partial charge is 0.327 e. The molecule has 0 unspecified atom stereocenters. The Hall–Kier alpha value is -2.86. The van der Waals surface area contributed by atoms with Crippen molar-refractivity contribution in [3.63, 3.8) is 0 Å². The Morgan fingerprint density at radius 1 is 1.26 bits per heavy atom. The molecule has 0 amide bonds. The third kappa shape index (κ3) is 3.55. The molecule has 0 bridgehead atoms. The lowest BCUT2D eigenvalue weighted by Crippen LogP contribution is -2.04. The minimum Gasteiger partial charge on any atom is -0.424 e. The van der Waals surface area contributed by atoms with E-state index in [-0.39, 0.29) is 12.0 Å². The van der Waals surface area contributed by atoms with E-state index in [2.05, 4.69) is 30.3 Å². The summed E-state index contributed by atoms with van der Waals surface area (Å²) < 4.78 is 5.47. The van der Waals surface area contributed by atoms with E-state index in [1.165, 1.54) is 0 Å². The van der Waals surface area contributed by atoms with Gasteiger partial charge in [0.25, 0.3) is 0 Å². The second-order valence-corrected chi connectivity index (χ2v) is 3.38. The summed E-state index contributed by atoms with van der Waals surface area (Å²) in [7, 11) is 0. The molecule has 0 aliphatic carbocycles. The van der Waals surface area contributed by atoms with Crippen LogP contribution in [-0.2, 0) is 0 Å². The van der Waals surface area contributed by atoms with Crippen molar-refractivity contribution in [2.45, 2.75) is 6.92 Å².